The van der Waals surface area contributed by atoms with E-state index in [1.54, 1.807) is 13.0 Å². The van der Waals surface area contributed by atoms with Gasteiger partial charge in [-0.2, -0.15) is 0 Å². The Hall–Kier alpha value is -2.34. The van der Waals surface area contributed by atoms with Gasteiger partial charge in [-0.05, 0) is 69.6 Å². The predicted octanol–water partition coefficient (Wildman–Crippen LogP) is 3.59. The maximum Gasteiger partial charge on any atom is 0.339 e. The second-order valence-corrected chi connectivity index (χ2v) is 9.55. The second-order valence-electron chi connectivity index (χ2n) is 9.55. The van der Waals surface area contributed by atoms with Gasteiger partial charge in [0.15, 0.2) is 6.10 Å². The van der Waals surface area contributed by atoms with E-state index in [0.29, 0.717) is 30.8 Å². The fourth-order valence-corrected chi connectivity index (χ4v) is 5.78. The maximum atomic E-state index is 13.0. The number of likely N-dealkylation sites (tertiary alicyclic amines) is 1. The van der Waals surface area contributed by atoms with E-state index in [1.165, 1.54) is 0 Å². The van der Waals surface area contributed by atoms with Crippen molar-refractivity contribution in [2.75, 3.05) is 13.1 Å². The van der Waals surface area contributed by atoms with Crippen LogP contribution in [0, 0.1) is 5.92 Å². The molecule has 2 fully saturated rings. The molecule has 1 saturated heterocycles. The zero-order chi connectivity index (χ0) is 21.6. The third-order valence-corrected chi connectivity index (χ3v) is 7.59. The van der Waals surface area contributed by atoms with Crippen molar-refractivity contribution < 1.29 is 19.1 Å². The molecular weight excluding hydrogens is 394 g/mol. The summed E-state index contributed by atoms with van der Waals surface area (Å²) in [6.45, 7) is 2.93. The van der Waals surface area contributed by atoms with Crippen LogP contribution in [-0.2, 0) is 17.6 Å². The number of hydrogen-bond donors (Lipinski definition) is 1. The average Bonchev–Trinajstić information content (AvgIpc) is 2.78. The van der Waals surface area contributed by atoms with Gasteiger partial charge in [-0.1, -0.05) is 12.8 Å². The Morgan fingerprint density at radius 1 is 1.19 bits per heavy atom. The van der Waals surface area contributed by atoms with E-state index < -0.39 is 11.7 Å². The molecule has 2 aliphatic carbocycles. The predicted molar refractivity (Wildman–Crippen MR) is 117 cm³/mol. The summed E-state index contributed by atoms with van der Waals surface area (Å²) >= 11 is 0. The van der Waals surface area contributed by atoms with E-state index >= 15 is 0 Å². The lowest BCUT2D eigenvalue weighted by atomic mass is 9.71. The van der Waals surface area contributed by atoms with Crippen molar-refractivity contribution in [2.24, 2.45) is 5.92 Å². The van der Waals surface area contributed by atoms with Crippen LogP contribution < -0.4 is 10.4 Å². The van der Waals surface area contributed by atoms with Gasteiger partial charge >= 0.3 is 5.63 Å². The van der Waals surface area contributed by atoms with Crippen LogP contribution in [-0.4, -0.2) is 40.7 Å². The van der Waals surface area contributed by atoms with Crippen LogP contribution in [0.25, 0.3) is 11.0 Å². The third kappa shape index (κ3) is 3.75. The third-order valence-electron chi connectivity index (χ3n) is 7.59. The Balaban J connectivity index is 1.31. The molecule has 3 atom stereocenters. The number of benzene rings is 1. The highest BCUT2D eigenvalue weighted by Crippen LogP contribution is 2.40. The minimum atomic E-state index is -0.642. The largest absolute Gasteiger partial charge is 0.481 e. The maximum absolute atomic E-state index is 13.0. The molecule has 0 bridgehead atoms. The van der Waals surface area contributed by atoms with Gasteiger partial charge in [0, 0.05) is 36.0 Å². The van der Waals surface area contributed by atoms with Gasteiger partial charge < -0.3 is 19.2 Å². The highest BCUT2D eigenvalue weighted by Gasteiger charge is 2.44. The quantitative estimate of drug-likeness (QED) is 0.760. The van der Waals surface area contributed by atoms with Crippen molar-refractivity contribution in [3.63, 3.8) is 0 Å². The van der Waals surface area contributed by atoms with Crippen molar-refractivity contribution in [3.8, 4) is 5.75 Å². The lowest BCUT2D eigenvalue weighted by Crippen LogP contribution is -2.56. The van der Waals surface area contributed by atoms with Gasteiger partial charge in [0.25, 0.3) is 5.91 Å². The van der Waals surface area contributed by atoms with Crippen molar-refractivity contribution >= 4 is 16.9 Å². The van der Waals surface area contributed by atoms with Gasteiger partial charge in [0.2, 0.25) is 0 Å². The van der Waals surface area contributed by atoms with Crippen LogP contribution in [0.2, 0.25) is 0 Å². The van der Waals surface area contributed by atoms with Crippen LogP contribution in [0.15, 0.2) is 27.4 Å². The van der Waals surface area contributed by atoms with Crippen LogP contribution in [0.5, 0.6) is 5.75 Å². The first-order valence-corrected chi connectivity index (χ1v) is 11.7. The summed E-state index contributed by atoms with van der Waals surface area (Å²) in [7, 11) is 0. The van der Waals surface area contributed by atoms with Gasteiger partial charge in [0.05, 0.1) is 5.60 Å². The topological polar surface area (TPSA) is 80.0 Å². The SMILES string of the molecule is C[C@H](Oc1ccc2c3c(c(=O)oc2c1)CCCC3)C(=O)N1CC[C@]2(O)CCCC[C@H]2C1. The van der Waals surface area contributed by atoms with E-state index in [4.69, 9.17) is 9.15 Å². The molecule has 6 heteroatoms. The smallest absolute Gasteiger partial charge is 0.339 e. The summed E-state index contributed by atoms with van der Waals surface area (Å²) < 4.78 is 11.5. The van der Waals surface area contributed by atoms with E-state index in [-0.39, 0.29) is 17.5 Å². The summed E-state index contributed by atoms with van der Waals surface area (Å²) in [6, 6.07) is 5.53. The minimum absolute atomic E-state index is 0.0559. The number of nitrogens with zero attached hydrogens (tertiary/aromatic N) is 1. The summed E-state index contributed by atoms with van der Waals surface area (Å²) in [5, 5.41) is 11.8. The number of carbonyl (C=O) groups excluding carboxylic acids is 1. The molecule has 1 saturated carbocycles. The fraction of sp³-hybridized carbons (Fsp3) is 0.600. The lowest BCUT2D eigenvalue weighted by Gasteiger charge is -2.47. The van der Waals surface area contributed by atoms with Crippen LogP contribution >= 0.6 is 0 Å². The van der Waals surface area contributed by atoms with Crippen LogP contribution in [0.4, 0.5) is 0 Å². The van der Waals surface area contributed by atoms with Crippen LogP contribution in [0.1, 0.15) is 63.0 Å². The zero-order valence-electron chi connectivity index (χ0n) is 18.2. The zero-order valence-corrected chi connectivity index (χ0v) is 18.2. The molecule has 1 aliphatic heterocycles. The number of ether oxygens (including phenoxy) is 1. The molecule has 1 aromatic carbocycles. The summed E-state index contributed by atoms with van der Waals surface area (Å²) in [5.41, 5.74) is 1.57. The van der Waals surface area contributed by atoms with E-state index in [2.05, 4.69) is 0 Å². The first-order valence-electron chi connectivity index (χ1n) is 11.7. The monoisotopic (exact) mass is 425 g/mol. The lowest BCUT2D eigenvalue weighted by molar-refractivity contribution is -0.149. The molecule has 0 unspecified atom stereocenters. The molecule has 0 radical (unpaired) electrons. The molecular formula is C25H31NO5. The summed E-state index contributed by atoms with van der Waals surface area (Å²) in [5.74, 6) is 0.630. The van der Waals surface area contributed by atoms with Gasteiger partial charge in [-0.25, -0.2) is 4.79 Å². The Bertz CT molecular complexity index is 1060. The Morgan fingerprint density at radius 3 is 2.84 bits per heavy atom. The number of hydrogen-bond acceptors (Lipinski definition) is 5. The van der Waals surface area contributed by atoms with Gasteiger partial charge in [0.1, 0.15) is 11.3 Å². The molecule has 1 N–H and O–H groups in total. The Labute approximate surface area is 182 Å². The highest BCUT2D eigenvalue weighted by molar-refractivity contribution is 5.84. The number of rotatable bonds is 3. The van der Waals surface area contributed by atoms with Crippen molar-refractivity contribution in [2.45, 2.75) is 76.4 Å². The number of piperidine rings is 1. The van der Waals surface area contributed by atoms with E-state index in [1.807, 2.05) is 17.0 Å². The molecule has 2 heterocycles. The molecule has 2 aromatic rings. The normalized spacial score (nSPS) is 26.8. The van der Waals surface area contributed by atoms with Crippen molar-refractivity contribution in [3.05, 3.63) is 39.7 Å². The van der Waals surface area contributed by atoms with E-state index in [0.717, 1.165) is 67.9 Å². The number of aliphatic hydroxyl groups is 1. The second kappa shape index (κ2) is 7.97. The van der Waals surface area contributed by atoms with E-state index in [9.17, 15) is 14.7 Å². The fourth-order valence-electron chi connectivity index (χ4n) is 5.78. The van der Waals surface area contributed by atoms with Crippen molar-refractivity contribution in [1.82, 2.24) is 4.90 Å². The Morgan fingerprint density at radius 2 is 2.00 bits per heavy atom. The molecule has 5 rings (SSSR count). The standard InChI is InChI=1S/C25H31NO5/c1-16(23(27)26-13-12-25(29)11-5-4-6-17(25)15-26)30-18-9-10-20-19-7-2-3-8-21(19)24(28)31-22(20)14-18/h9-10,14,16-17,29H,2-8,11-13,15H2,1H3/t16-,17-,25+/m0/s1. The molecule has 0 spiro atoms. The molecule has 3 aliphatic rings. The minimum Gasteiger partial charge on any atom is -0.481 e. The first-order chi connectivity index (χ1) is 14.9. The Kier molecular flexibility index (Phi) is 5.29. The molecule has 1 amide bonds. The number of aryl methyl sites for hydroxylation is 1. The number of amides is 1. The molecule has 6 nitrogen and oxygen atoms in total. The first kappa shape index (κ1) is 20.6. The molecule has 1 aromatic heterocycles. The van der Waals surface area contributed by atoms with Crippen molar-refractivity contribution in [1.29, 1.82) is 0 Å². The average molecular weight is 426 g/mol. The number of fused-ring (bicyclic) bond motifs is 4. The van der Waals surface area contributed by atoms with Gasteiger partial charge in [-0.15, -0.1) is 0 Å². The highest BCUT2D eigenvalue weighted by atomic mass is 16.5. The summed E-state index contributed by atoms with van der Waals surface area (Å²) in [6.07, 6.45) is 7.80. The summed E-state index contributed by atoms with van der Waals surface area (Å²) in [4.78, 5) is 27.3. The molecule has 166 valence electrons. The molecule has 31 heavy (non-hydrogen) atoms. The van der Waals surface area contributed by atoms with Gasteiger partial charge in [-0.3, -0.25) is 4.79 Å². The number of carbonyl (C=O) groups is 1. The van der Waals surface area contributed by atoms with Crippen LogP contribution in [0.3, 0.4) is 0 Å².